The third-order valence-electron chi connectivity index (χ3n) is 2.76. The quantitative estimate of drug-likeness (QED) is 0.802. The molecule has 2 N–H and O–H groups in total. The molecule has 0 aliphatic carbocycles. The first-order chi connectivity index (χ1) is 8.59. The van der Waals surface area contributed by atoms with Gasteiger partial charge in [0.2, 0.25) is 0 Å². The average molecular weight is 244 g/mol. The van der Waals surface area contributed by atoms with Crippen molar-refractivity contribution in [1.82, 2.24) is 0 Å². The van der Waals surface area contributed by atoms with E-state index in [1.165, 1.54) is 0 Å². The van der Waals surface area contributed by atoms with Crippen LogP contribution in [0.1, 0.15) is 13.8 Å². The molecule has 0 aliphatic heterocycles. The molecule has 4 heteroatoms. The van der Waals surface area contributed by atoms with Crippen LogP contribution < -0.4 is 10.2 Å². The van der Waals surface area contributed by atoms with Crippen molar-refractivity contribution in [3.63, 3.8) is 0 Å². The van der Waals surface area contributed by atoms with E-state index in [9.17, 15) is 10.0 Å². The Hall–Kier alpha value is -1.52. The minimum Gasteiger partial charge on any atom is -0.494 e. The molecule has 0 bridgehead atoms. The smallest absolute Gasteiger partial charge is 0.492 e. The second-order valence-corrected chi connectivity index (χ2v) is 4.78. The fourth-order valence-electron chi connectivity index (χ4n) is 1.92. The van der Waals surface area contributed by atoms with Crippen molar-refractivity contribution >= 4 is 23.4 Å². The summed E-state index contributed by atoms with van der Waals surface area (Å²) in [7, 11) is -1.53. The molecular weight excluding hydrogens is 227 g/mol. The molecule has 0 spiro atoms. The number of hydrogen-bond donors (Lipinski definition) is 2. The van der Waals surface area contributed by atoms with E-state index in [4.69, 9.17) is 4.74 Å². The highest BCUT2D eigenvalue weighted by Crippen LogP contribution is 2.19. The molecule has 0 radical (unpaired) electrons. The van der Waals surface area contributed by atoms with Crippen LogP contribution in [0.15, 0.2) is 36.4 Å². The topological polar surface area (TPSA) is 49.7 Å². The van der Waals surface area contributed by atoms with Crippen LogP contribution in [0.5, 0.6) is 5.75 Å². The zero-order chi connectivity index (χ0) is 13.1. The summed E-state index contributed by atoms with van der Waals surface area (Å²) in [6.07, 6.45) is 0. The van der Waals surface area contributed by atoms with Crippen LogP contribution in [0.25, 0.3) is 10.8 Å². The summed E-state index contributed by atoms with van der Waals surface area (Å²) in [5.74, 6) is 0.928. The summed E-state index contributed by atoms with van der Waals surface area (Å²) >= 11 is 0. The Bertz CT molecular complexity index is 538. The molecule has 0 saturated heterocycles. The molecule has 0 aliphatic rings. The molecule has 0 saturated carbocycles. The summed E-state index contributed by atoms with van der Waals surface area (Å²) in [4.78, 5) is 0. The van der Waals surface area contributed by atoms with Crippen LogP contribution in [0.3, 0.4) is 0 Å². The van der Waals surface area contributed by atoms with Crippen molar-refractivity contribution in [2.45, 2.75) is 13.8 Å². The van der Waals surface area contributed by atoms with E-state index in [1.54, 1.807) is 6.07 Å². The summed E-state index contributed by atoms with van der Waals surface area (Å²) in [6.45, 7) is 4.66. The predicted octanol–water partition coefficient (Wildman–Crippen LogP) is 1.55. The average Bonchev–Trinajstić information content (AvgIpc) is 2.35. The van der Waals surface area contributed by atoms with E-state index < -0.39 is 7.12 Å². The fourth-order valence-corrected chi connectivity index (χ4v) is 1.92. The van der Waals surface area contributed by atoms with Crippen molar-refractivity contribution in [2.75, 3.05) is 6.61 Å². The molecule has 2 rings (SSSR count). The number of rotatable bonds is 4. The monoisotopic (exact) mass is 244 g/mol. The van der Waals surface area contributed by atoms with E-state index in [-0.39, 0.29) is 0 Å². The first-order valence-electron chi connectivity index (χ1n) is 6.10. The van der Waals surface area contributed by atoms with Gasteiger partial charge in [-0.2, -0.15) is 0 Å². The van der Waals surface area contributed by atoms with Gasteiger partial charge in [-0.25, -0.2) is 0 Å². The molecule has 0 atom stereocenters. The predicted molar refractivity (Wildman–Crippen MR) is 74.1 cm³/mol. The molecule has 0 heterocycles. The van der Waals surface area contributed by atoms with Gasteiger partial charge in [-0.1, -0.05) is 44.2 Å². The minimum absolute atomic E-state index is 0.389. The summed E-state index contributed by atoms with van der Waals surface area (Å²) < 4.78 is 5.65. The normalized spacial score (nSPS) is 10.9. The Morgan fingerprint density at radius 3 is 2.50 bits per heavy atom. The van der Waals surface area contributed by atoms with E-state index in [2.05, 4.69) is 13.8 Å². The molecule has 0 fully saturated rings. The highest BCUT2D eigenvalue weighted by Gasteiger charge is 2.20. The van der Waals surface area contributed by atoms with Crippen molar-refractivity contribution in [3.05, 3.63) is 36.4 Å². The molecular formula is C14H17BO3. The fraction of sp³-hybridized carbons (Fsp3) is 0.286. The second-order valence-electron chi connectivity index (χ2n) is 4.78. The number of fused-ring (bicyclic) bond motifs is 1. The summed E-state index contributed by atoms with van der Waals surface area (Å²) in [5, 5.41) is 20.9. The summed E-state index contributed by atoms with van der Waals surface area (Å²) in [6, 6.07) is 11.3. The molecule has 0 amide bonds. The minimum atomic E-state index is -1.53. The Balaban J connectivity index is 2.49. The maximum Gasteiger partial charge on any atom is 0.492 e. The van der Waals surface area contributed by atoms with Gasteiger partial charge in [-0.15, -0.1) is 0 Å². The molecule has 94 valence electrons. The standard InChI is InChI=1S/C14H17BO3/c1-10(2)9-18-13-8-7-11-5-3-4-6-12(11)14(13)15(16)17/h3-8,10,16-17H,9H2,1-2H3. The Morgan fingerprint density at radius 2 is 1.83 bits per heavy atom. The van der Waals surface area contributed by atoms with Crippen LogP contribution in [-0.4, -0.2) is 23.8 Å². The van der Waals surface area contributed by atoms with Gasteiger partial charge in [0, 0.05) is 5.46 Å². The van der Waals surface area contributed by atoms with Gasteiger partial charge in [0.05, 0.1) is 6.61 Å². The molecule has 0 aromatic heterocycles. The van der Waals surface area contributed by atoms with E-state index in [1.807, 2.05) is 30.3 Å². The number of hydrogen-bond acceptors (Lipinski definition) is 3. The lowest BCUT2D eigenvalue weighted by Gasteiger charge is -2.15. The number of benzene rings is 2. The zero-order valence-electron chi connectivity index (χ0n) is 10.6. The Kier molecular flexibility index (Phi) is 3.89. The maximum atomic E-state index is 9.54. The molecule has 18 heavy (non-hydrogen) atoms. The third-order valence-corrected chi connectivity index (χ3v) is 2.76. The maximum absolute atomic E-state index is 9.54. The molecule has 0 unspecified atom stereocenters. The third kappa shape index (κ3) is 2.66. The van der Waals surface area contributed by atoms with E-state index in [0.29, 0.717) is 23.7 Å². The van der Waals surface area contributed by atoms with Crippen LogP contribution in [0.4, 0.5) is 0 Å². The Labute approximate surface area is 107 Å². The first-order valence-corrected chi connectivity index (χ1v) is 6.10. The highest BCUT2D eigenvalue weighted by atomic mass is 16.5. The lowest BCUT2D eigenvalue weighted by atomic mass is 9.76. The van der Waals surface area contributed by atoms with Crippen LogP contribution in [-0.2, 0) is 0 Å². The van der Waals surface area contributed by atoms with Crippen molar-refractivity contribution < 1.29 is 14.8 Å². The highest BCUT2D eigenvalue weighted by molar-refractivity contribution is 6.63. The molecule has 2 aromatic rings. The Morgan fingerprint density at radius 1 is 1.11 bits per heavy atom. The SMILES string of the molecule is CC(C)COc1ccc2ccccc2c1B(O)O. The molecule has 3 nitrogen and oxygen atoms in total. The van der Waals surface area contributed by atoms with Gasteiger partial charge in [0.25, 0.3) is 0 Å². The van der Waals surface area contributed by atoms with E-state index in [0.717, 1.165) is 10.8 Å². The number of ether oxygens (including phenoxy) is 1. The van der Waals surface area contributed by atoms with Crippen LogP contribution in [0, 0.1) is 5.92 Å². The van der Waals surface area contributed by atoms with Crippen molar-refractivity contribution in [1.29, 1.82) is 0 Å². The van der Waals surface area contributed by atoms with Gasteiger partial charge < -0.3 is 14.8 Å². The van der Waals surface area contributed by atoms with Crippen LogP contribution >= 0.6 is 0 Å². The largest absolute Gasteiger partial charge is 0.494 e. The molecule has 2 aromatic carbocycles. The van der Waals surface area contributed by atoms with Gasteiger partial charge >= 0.3 is 7.12 Å². The van der Waals surface area contributed by atoms with Crippen molar-refractivity contribution in [3.8, 4) is 5.75 Å². The van der Waals surface area contributed by atoms with E-state index >= 15 is 0 Å². The van der Waals surface area contributed by atoms with Gasteiger partial charge in [-0.05, 0) is 22.8 Å². The first kappa shape index (κ1) is 12.9. The second kappa shape index (κ2) is 5.42. The lowest BCUT2D eigenvalue weighted by Crippen LogP contribution is -2.32. The van der Waals surface area contributed by atoms with Gasteiger partial charge in [0.1, 0.15) is 5.75 Å². The van der Waals surface area contributed by atoms with Crippen molar-refractivity contribution in [2.24, 2.45) is 5.92 Å². The lowest BCUT2D eigenvalue weighted by molar-refractivity contribution is 0.272. The van der Waals surface area contributed by atoms with Crippen LogP contribution in [0.2, 0.25) is 0 Å². The van der Waals surface area contributed by atoms with Gasteiger partial charge in [-0.3, -0.25) is 0 Å². The summed E-state index contributed by atoms with van der Waals surface area (Å²) in [5.41, 5.74) is 0.439. The zero-order valence-corrected chi connectivity index (χ0v) is 10.6. The van der Waals surface area contributed by atoms with Gasteiger partial charge in [0.15, 0.2) is 0 Å².